The largest absolute Gasteiger partial charge is 0.314 e. The van der Waals surface area contributed by atoms with Crippen molar-refractivity contribution in [2.45, 2.75) is 19.3 Å². The van der Waals surface area contributed by atoms with Gasteiger partial charge in [-0.1, -0.05) is 109 Å². The van der Waals surface area contributed by atoms with Gasteiger partial charge in [0.25, 0.3) is 0 Å². The van der Waals surface area contributed by atoms with Crippen LogP contribution in [0.3, 0.4) is 0 Å². The third-order valence-corrected chi connectivity index (χ3v) is 9.50. The molecule has 0 fully saturated rings. The number of carbonyl (C=O) groups excluding carboxylic acids is 1. The van der Waals surface area contributed by atoms with Crippen LogP contribution in [-0.2, 0) is 11.0 Å². The summed E-state index contributed by atoms with van der Waals surface area (Å²) in [5.41, 5.74) is 2.74. The Morgan fingerprint density at radius 3 is 1.82 bits per heavy atom. The van der Waals surface area contributed by atoms with Crippen LogP contribution in [0.1, 0.15) is 34.3 Å². The molecule has 0 bridgehead atoms. The maximum Gasteiger partial charge on any atom is 0.160 e. The van der Waals surface area contributed by atoms with Gasteiger partial charge in [0.2, 0.25) is 0 Å². The van der Waals surface area contributed by atoms with Gasteiger partial charge >= 0.3 is 0 Å². The first-order valence-electron chi connectivity index (χ1n) is 11.0. The molecule has 2 nitrogen and oxygen atoms in total. The number of rotatable bonds is 8. The highest BCUT2D eigenvalue weighted by molar-refractivity contribution is 7.78. The van der Waals surface area contributed by atoms with Gasteiger partial charge in [-0.25, -0.2) is 0 Å². The minimum Gasteiger partial charge on any atom is -0.314 e. The molecule has 0 aliphatic carbocycles. The molecule has 0 aromatic heterocycles. The molecule has 0 aliphatic rings. The predicted molar refractivity (Wildman–Crippen MR) is 139 cm³/mol. The van der Waals surface area contributed by atoms with Gasteiger partial charge in [-0.15, -0.1) is 0 Å². The first-order chi connectivity index (χ1) is 16.0. The fourth-order valence-corrected chi connectivity index (χ4v) is 7.45. The van der Waals surface area contributed by atoms with Crippen molar-refractivity contribution in [3.63, 3.8) is 0 Å². The maximum absolute atomic E-state index is 14.8. The van der Waals surface area contributed by atoms with Crippen LogP contribution in [0.25, 0.3) is 0 Å². The molecule has 4 aromatic rings. The van der Waals surface area contributed by atoms with Gasteiger partial charge in [-0.3, -0.25) is 4.79 Å². The van der Waals surface area contributed by atoms with E-state index in [1.807, 2.05) is 109 Å². The van der Waals surface area contributed by atoms with E-state index in [2.05, 4.69) is 0 Å². The molecule has 166 valence electrons. The van der Waals surface area contributed by atoms with Crippen molar-refractivity contribution >= 4 is 35.1 Å². The van der Waals surface area contributed by atoms with Crippen molar-refractivity contribution < 1.29 is 9.36 Å². The number of Topliss-reactive ketones (excluding diaryl/α,β-unsaturated/α-hetero) is 1. The van der Waals surface area contributed by atoms with E-state index >= 15 is 0 Å². The smallest absolute Gasteiger partial charge is 0.160 e. The molecule has 0 heterocycles. The van der Waals surface area contributed by atoms with Crippen LogP contribution in [-0.4, -0.2) is 11.9 Å². The van der Waals surface area contributed by atoms with Crippen LogP contribution in [0, 0.1) is 0 Å². The van der Waals surface area contributed by atoms with Gasteiger partial charge in [-0.2, -0.15) is 0 Å². The quantitative estimate of drug-likeness (QED) is 0.207. The number of halogens is 1. The summed E-state index contributed by atoms with van der Waals surface area (Å²) in [4.78, 5) is 12.3. The SMILES string of the molecule is CC(=O)c1ccccc1CC(CP(=O)(c1ccccc1)c1ccccc1)c1ccc(Cl)cc1. The standard InChI is InChI=1S/C29H26ClO2P/c1-22(31)29-15-9-8-10-24(29)20-25(23-16-18-26(30)19-17-23)21-33(32,27-11-4-2-5-12-27)28-13-6-3-7-14-28/h2-19,25H,20-21H2,1H3. The predicted octanol–water partition coefficient (Wildman–Crippen LogP) is 6.88. The number of hydrogen-bond donors (Lipinski definition) is 0. The van der Waals surface area contributed by atoms with E-state index in [4.69, 9.17) is 11.6 Å². The van der Waals surface area contributed by atoms with Crippen molar-refractivity contribution in [2.75, 3.05) is 6.16 Å². The molecule has 4 heteroatoms. The van der Waals surface area contributed by atoms with E-state index in [1.54, 1.807) is 6.92 Å². The molecule has 1 atom stereocenters. The fourth-order valence-electron chi connectivity index (χ4n) is 4.34. The lowest BCUT2D eigenvalue weighted by atomic mass is 9.90. The topological polar surface area (TPSA) is 34.1 Å². The number of ketones is 1. The van der Waals surface area contributed by atoms with Crippen LogP contribution in [0.2, 0.25) is 5.02 Å². The number of benzene rings is 4. The molecule has 0 saturated carbocycles. The Balaban J connectivity index is 1.82. The lowest BCUT2D eigenvalue weighted by Crippen LogP contribution is -2.23. The second-order valence-electron chi connectivity index (χ2n) is 8.26. The molecule has 0 radical (unpaired) electrons. The zero-order valence-corrected chi connectivity index (χ0v) is 20.2. The second-order valence-corrected chi connectivity index (χ2v) is 11.6. The summed E-state index contributed by atoms with van der Waals surface area (Å²) in [6, 6.07) is 34.9. The normalized spacial score (nSPS) is 12.3. The molecule has 33 heavy (non-hydrogen) atoms. The van der Waals surface area contributed by atoms with E-state index in [1.165, 1.54) is 0 Å². The lowest BCUT2D eigenvalue weighted by Gasteiger charge is -2.26. The van der Waals surface area contributed by atoms with Crippen LogP contribution in [0.4, 0.5) is 0 Å². The third kappa shape index (κ3) is 5.36. The van der Waals surface area contributed by atoms with Crippen molar-refractivity contribution in [2.24, 2.45) is 0 Å². The van der Waals surface area contributed by atoms with E-state index in [9.17, 15) is 9.36 Å². The Morgan fingerprint density at radius 2 is 1.27 bits per heavy atom. The summed E-state index contributed by atoms with van der Waals surface area (Å²) >= 11 is 6.17. The van der Waals surface area contributed by atoms with Crippen LogP contribution in [0.15, 0.2) is 109 Å². The van der Waals surface area contributed by atoms with Gasteiger partial charge in [0.05, 0.1) is 0 Å². The Labute approximate surface area is 200 Å². The van der Waals surface area contributed by atoms with Crippen LogP contribution < -0.4 is 10.6 Å². The Kier molecular flexibility index (Phi) is 7.28. The molecular weight excluding hydrogens is 447 g/mol. The Bertz CT molecular complexity index is 1220. The van der Waals surface area contributed by atoms with Crippen molar-refractivity contribution in [3.05, 3.63) is 131 Å². The molecule has 0 N–H and O–H groups in total. The van der Waals surface area contributed by atoms with E-state index < -0.39 is 7.14 Å². The number of carbonyl (C=O) groups is 1. The second kappa shape index (κ2) is 10.3. The number of hydrogen-bond acceptors (Lipinski definition) is 2. The summed E-state index contributed by atoms with van der Waals surface area (Å²) in [6.45, 7) is 1.59. The average Bonchev–Trinajstić information content (AvgIpc) is 2.85. The summed E-state index contributed by atoms with van der Waals surface area (Å²) in [5, 5.41) is 2.35. The first-order valence-corrected chi connectivity index (χ1v) is 13.3. The molecule has 0 spiro atoms. The highest BCUT2D eigenvalue weighted by Crippen LogP contribution is 2.48. The van der Waals surface area contributed by atoms with Crippen LogP contribution >= 0.6 is 18.7 Å². The molecule has 4 rings (SSSR count). The van der Waals surface area contributed by atoms with Gasteiger partial charge in [0, 0.05) is 27.4 Å². The molecular formula is C29H26ClO2P. The molecule has 0 amide bonds. The summed E-state index contributed by atoms with van der Waals surface area (Å²) in [7, 11) is -2.95. The minimum absolute atomic E-state index is 0.0368. The Hall–Kier alpha value is -2.93. The maximum atomic E-state index is 14.8. The van der Waals surface area contributed by atoms with Gasteiger partial charge in [0.15, 0.2) is 5.78 Å². The molecule has 0 aliphatic heterocycles. The van der Waals surface area contributed by atoms with Gasteiger partial charge < -0.3 is 4.57 Å². The summed E-state index contributed by atoms with van der Waals surface area (Å²) in [6.07, 6.45) is 1.07. The third-order valence-electron chi connectivity index (χ3n) is 6.03. The molecule has 4 aromatic carbocycles. The fraction of sp³-hybridized carbons (Fsp3) is 0.138. The minimum atomic E-state index is -2.95. The van der Waals surface area contributed by atoms with E-state index in [-0.39, 0.29) is 11.7 Å². The van der Waals surface area contributed by atoms with Crippen molar-refractivity contribution in [1.82, 2.24) is 0 Å². The van der Waals surface area contributed by atoms with Crippen molar-refractivity contribution in [3.8, 4) is 0 Å². The average molecular weight is 473 g/mol. The highest BCUT2D eigenvalue weighted by atomic mass is 35.5. The zero-order valence-electron chi connectivity index (χ0n) is 18.5. The van der Waals surface area contributed by atoms with Crippen LogP contribution in [0.5, 0.6) is 0 Å². The summed E-state index contributed by atoms with van der Waals surface area (Å²) < 4.78 is 14.8. The van der Waals surface area contributed by atoms with Crippen molar-refractivity contribution in [1.29, 1.82) is 0 Å². The summed E-state index contributed by atoms with van der Waals surface area (Å²) in [5.74, 6) is -0.0243. The molecule has 0 saturated heterocycles. The van der Waals surface area contributed by atoms with Gasteiger partial charge in [0.1, 0.15) is 7.14 Å². The highest BCUT2D eigenvalue weighted by Gasteiger charge is 2.32. The monoisotopic (exact) mass is 472 g/mol. The molecule has 1 unspecified atom stereocenters. The van der Waals surface area contributed by atoms with Gasteiger partial charge in [-0.05, 0) is 42.5 Å². The van der Waals surface area contributed by atoms with E-state index in [0.29, 0.717) is 23.2 Å². The Morgan fingerprint density at radius 1 is 0.758 bits per heavy atom. The van der Waals surface area contributed by atoms with E-state index in [0.717, 1.165) is 21.7 Å². The lowest BCUT2D eigenvalue weighted by molar-refractivity contribution is 0.101. The first kappa shape index (κ1) is 23.2. The zero-order chi connectivity index (χ0) is 23.3.